The van der Waals surface area contributed by atoms with E-state index < -0.39 is 0 Å². The predicted molar refractivity (Wildman–Crippen MR) is 132 cm³/mol. The summed E-state index contributed by atoms with van der Waals surface area (Å²) in [6.45, 7) is 7.53. The highest BCUT2D eigenvalue weighted by Gasteiger charge is 2.13. The van der Waals surface area contributed by atoms with Crippen molar-refractivity contribution >= 4 is 0 Å². The number of rotatable bonds is 14. The van der Waals surface area contributed by atoms with Gasteiger partial charge in [-0.15, -0.1) is 0 Å². The molecule has 0 saturated carbocycles. The lowest BCUT2D eigenvalue weighted by Crippen LogP contribution is -2.27. The van der Waals surface area contributed by atoms with Gasteiger partial charge in [-0.3, -0.25) is 0 Å². The monoisotopic (exact) mass is 423 g/mol. The molecular weight excluding hydrogens is 382 g/mol. The molecular formula is C28H41NO2. The Labute approximate surface area is 189 Å². The van der Waals surface area contributed by atoms with Crippen LogP contribution < -0.4 is 5.73 Å². The van der Waals surface area contributed by atoms with Crippen molar-refractivity contribution in [1.29, 1.82) is 0 Å². The van der Waals surface area contributed by atoms with Crippen molar-refractivity contribution in [3.05, 3.63) is 83.2 Å². The summed E-state index contributed by atoms with van der Waals surface area (Å²) in [6.07, 6.45) is 18.3. The van der Waals surface area contributed by atoms with Crippen molar-refractivity contribution in [2.45, 2.75) is 71.9 Å². The van der Waals surface area contributed by atoms with Crippen LogP contribution in [0.4, 0.5) is 0 Å². The summed E-state index contributed by atoms with van der Waals surface area (Å²) in [7, 11) is 0. The fraction of sp³-hybridized carbons (Fsp3) is 0.500. The molecule has 1 aliphatic rings. The first-order chi connectivity index (χ1) is 15.1. The number of hydrogen-bond acceptors (Lipinski definition) is 3. The van der Waals surface area contributed by atoms with Gasteiger partial charge in [0.1, 0.15) is 18.6 Å². The summed E-state index contributed by atoms with van der Waals surface area (Å²) in [4.78, 5) is 0. The van der Waals surface area contributed by atoms with Gasteiger partial charge in [-0.2, -0.15) is 0 Å². The van der Waals surface area contributed by atoms with E-state index in [0.29, 0.717) is 19.1 Å². The summed E-state index contributed by atoms with van der Waals surface area (Å²) in [5, 5.41) is 0. The summed E-state index contributed by atoms with van der Waals surface area (Å²) >= 11 is 0. The van der Waals surface area contributed by atoms with Crippen LogP contribution in [0.2, 0.25) is 0 Å². The van der Waals surface area contributed by atoms with Gasteiger partial charge in [0, 0.05) is 12.0 Å². The topological polar surface area (TPSA) is 44.5 Å². The van der Waals surface area contributed by atoms with Gasteiger partial charge in [-0.05, 0) is 43.2 Å². The van der Waals surface area contributed by atoms with Crippen LogP contribution in [0.1, 0.15) is 64.9 Å². The number of allylic oxidation sites excluding steroid dienone is 8. The zero-order chi connectivity index (χ0) is 22.3. The SMILES string of the molecule is CC=CC(C1=CCCC=C1)=C(Cc1ccccc1)OCCOC(N)CC(C)CCCC. The Morgan fingerprint density at radius 1 is 1.16 bits per heavy atom. The maximum Gasteiger partial charge on any atom is 0.111 e. The van der Waals surface area contributed by atoms with E-state index in [1.807, 2.05) is 6.07 Å². The average Bonchev–Trinajstić information content (AvgIpc) is 2.79. The molecule has 31 heavy (non-hydrogen) atoms. The molecule has 0 heterocycles. The predicted octanol–water partition coefficient (Wildman–Crippen LogP) is 6.87. The molecule has 2 atom stereocenters. The Bertz CT molecular complexity index is 746. The van der Waals surface area contributed by atoms with E-state index in [1.165, 1.54) is 30.4 Å². The minimum atomic E-state index is -0.226. The van der Waals surface area contributed by atoms with Crippen LogP contribution in [0.3, 0.4) is 0 Å². The molecule has 170 valence electrons. The normalized spacial score (nSPS) is 16.7. The maximum atomic E-state index is 6.31. The second kappa shape index (κ2) is 14.8. The van der Waals surface area contributed by atoms with Crippen LogP contribution in [-0.2, 0) is 15.9 Å². The van der Waals surface area contributed by atoms with Crippen LogP contribution in [-0.4, -0.2) is 19.4 Å². The average molecular weight is 424 g/mol. The summed E-state index contributed by atoms with van der Waals surface area (Å²) in [5.41, 5.74) is 9.82. The van der Waals surface area contributed by atoms with E-state index in [9.17, 15) is 0 Å². The third-order valence-electron chi connectivity index (χ3n) is 5.52. The molecule has 0 aromatic heterocycles. The first-order valence-corrected chi connectivity index (χ1v) is 11.9. The van der Waals surface area contributed by atoms with Gasteiger partial charge in [0.25, 0.3) is 0 Å². The second-order valence-electron chi connectivity index (χ2n) is 8.38. The largest absolute Gasteiger partial charge is 0.495 e. The zero-order valence-electron chi connectivity index (χ0n) is 19.7. The van der Waals surface area contributed by atoms with Crippen molar-refractivity contribution in [3.8, 4) is 0 Å². The van der Waals surface area contributed by atoms with E-state index in [-0.39, 0.29) is 6.23 Å². The standard InChI is InChI=1S/C28H41NO2/c1-4-6-14-23(3)21-28(29)31-20-19-30-27(22-24-15-9-7-10-16-24)26(13-5-2)25-17-11-8-12-18-25/h5,7,9-11,13,15-18,23,28H,4,6,8,12,14,19-22,29H2,1-3H3. The Hall–Kier alpha value is -2.10. The molecule has 0 aliphatic heterocycles. The number of benzene rings is 1. The molecule has 0 spiro atoms. The highest BCUT2D eigenvalue weighted by Crippen LogP contribution is 2.25. The lowest BCUT2D eigenvalue weighted by molar-refractivity contribution is 0.0110. The first-order valence-electron chi connectivity index (χ1n) is 11.9. The van der Waals surface area contributed by atoms with Crippen molar-refractivity contribution in [3.63, 3.8) is 0 Å². The molecule has 0 saturated heterocycles. The van der Waals surface area contributed by atoms with Gasteiger partial charge in [0.2, 0.25) is 0 Å². The molecule has 2 unspecified atom stereocenters. The molecule has 0 fully saturated rings. The van der Waals surface area contributed by atoms with Gasteiger partial charge in [0.15, 0.2) is 0 Å². The minimum Gasteiger partial charge on any atom is -0.495 e. The fourth-order valence-electron chi connectivity index (χ4n) is 3.83. The lowest BCUT2D eigenvalue weighted by Gasteiger charge is -2.20. The van der Waals surface area contributed by atoms with E-state index in [0.717, 1.165) is 37.0 Å². The second-order valence-corrected chi connectivity index (χ2v) is 8.38. The molecule has 0 amide bonds. The van der Waals surface area contributed by atoms with Crippen molar-refractivity contribution in [2.75, 3.05) is 13.2 Å². The third kappa shape index (κ3) is 9.71. The van der Waals surface area contributed by atoms with Crippen LogP contribution in [0.25, 0.3) is 0 Å². The molecule has 0 bridgehead atoms. The van der Waals surface area contributed by atoms with Gasteiger partial charge in [-0.1, -0.05) is 93.8 Å². The molecule has 1 aromatic rings. The van der Waals surface area contributed by atoms with E-state index >= 15 is 0 Å². The Morgan fingerprint density at radius 2 is 1.97 bits per heavy atom. The Kier molecular flexibility index (Phi) is 12.0. The summed E-state index contributed by atoms with van der Waals surface area (Å²) < 4.78 is 12.2. The highest BCUT2D eigenvalue weighted by atomic mass is 16.5. The van der Waals surface area contributed by atoms with Crippen molar-refractivity contribution < 1.29 is 9.47 Å². The van der Waals surface area contributed by atoms with E-state index in [1.54, 1.807) is 0 Å². The number of nitrogens with two attached hydrogens (primary N) is 1. The first kappa shape index (κ1) is 25.2. The van der Waals surface area contributed by atoms with Gasteiger partial charge in [-0.25, -0.2) is 0 Å². The quantitative estimate of drug-likeness (QED) is 0.154. The van der Waals surface area contributed by atoms with Crippen molar-refractivity contribution in [1.82, 2.24) is 0 Å². The molecule has 2 N–H and O–H groups in total. The fourth-order valence-corrected chi connectivity index (χ4v) is 3.83. The Balaban J connectivity index is 2.02. The maximum absolute atomic E-state index is 6.31. The molecule has 1 aromatic carbocycles. The highest BCUT2D eigenvalue weighted by molar-refractivity contribution is 5.49. The number of ether oxygens (including phenoxy) is 2. The number of unbranched alkanes of at least 4 members (excludes halogenated alkanes) is 1. The van der Waals surface area contributed by atoms with Gasteiger partial charge >= 0.3 is 0 Å². The Morgan fingerprint density at radius 3 is 2.65 bits per heavy atom. The van der Waals surface area contributed by atoms with Gasteiger partial charge < -0.3 is 15.2 Å². The number of hydrogen-bond donors (Lipinski definition) is 1. The van der Waals surface area contributed by atoms with Crippen molar-refractivity contribution in [2.24, 2.45) is 11.7 Å². The third-order valence-corrected chi connectivity index (χ3v) is 5.52. The summed E-state index contributed by atoms with van der Waals surface area (Å²) in [5.74, 6) is 1.58. The summed E-state index contributed by atoms with van der Waals surface area (Å²) in [6, 6.07) is 10.5. The van der Waals surface area contributed by atoms with E-state index in [2.05, 4.69) is 75.4 Å². The van der Waals surface area contributed by atoms with Gasteiger partial charge in [0.05, 0.1) is 6.61 Å². The van der Waals surface area contributed by atoms with Crippen LogP contribution in [0, 0.1) is 5.92 Å². The van der Waals surface area contributed by atoms with Crippen LogP contribution in [0.15, 0.2) is 77.6 Å². The smallest absolute Gasteiger partial charge is 0.111 e. The molecule has 2 rings (SSSR count). The molecule has 1 aliphatic carbocycles. The molecule has 3 heteroatoms. The lowest BCUT2D eigenvalue weighted by atomic mass is 9.96. The molecule has 3 nitrogen and oxygen atoms in total. The minimum absolute atomic E-state index is 0.226. The van der Waals surface area contributed by atoms with E-state index in [4.69, 9.17) is 15.2 Å². The zero-order valence-corrected chi connectivity index (χ0v) is 19.7. The van der Waals surface area contributed by atoms with Crippen LogP contribution in [0.5, 0.6) is 0 Å². The molecule has 0 radical (unpaired) electrons. The van der Waals surface area contributed by atoms with Crippen LogP contribution >= 0.6 is 0 Å².